The van der Waals surface area contributed by atoms with Gasteiger partial charge in [0.1, 0.15) is 0 Å². The van der Waals surface area contributed by atoms with Crippen LogP contribution in [0.15, 0.2) is 47.0 Å². The summed E-state index contributed by atoms with van der Waals surface area (Å²) in [5.74, 6) is 1.01. The van der Waals surface area contributed by atoms with Crippen molar-refractivity contribution in [2.75, 3.05) is 11.4 Å². The topological polar surface area (TPSA) is 59.2 Å². The first-order valence-electron chi connectivity index (χ1n) is 8.48. The van der Waals surface area contributed by atoms with E-state index >= 15 is 0 Å². The van der Waals surface area contributed by atoms with Gasteiger partial charge < -0.3 is 9.42 Å². The zero-order valence-electron chi connectivity index (χ0n) is 14.6. The monoisotopic (exact) mass is 367 g/mol. The van der Waals surface area contributed by atoms with Crippen molar-refractivity contribution in [3.05, 3.63) is 64.5 Å². The van der Waals surface area contributed by atoms with Gasteiger partial charge >= 0.3 is 0 Å². The quantitative estimate of drug-likeness (QED) is 0.682. The number of carbonyl (C=O) groups excluding carboxylic acids is 1. The van der Waals surface area contributed by atoms with Crippen molar-refractivity contribution in [1.29, 1.82) is 0 Å². The lowest BCUT2D eigenvalue weighted by atomic mass is 10.1. The maximum atomic E-state index is 12.4. The van der Waals surface area contributed by atoms with Gasteiger partial charge in [0.15, 0.2) is 0 Å². The lowest BCUT2D eigenvalue weighted by Crippen LogP contribution is -2.24. The Bertz CT molecular complexity index is 965. The number of aromatic nitrogens is 2. The van der Waals surface area contributed by atoms with Crippen LogP contribution < -0.4 is 4.90 Å². The maximum absolute atomic E-state index is 12.4. The van der Waals surface area contributed by atoms with Crippen molar-refractivity contribution in [3.63, 3.8) is 0 Å². The third-order valence-electron chi connectivity index (χ3n) is 4.69. The zero-order chi connectivity index (χ0) is 18.3. The average Bonchev–Trinajstić information content (AvgIpc) is 3.25. The summed E-state index contributed by atoms with van der Waals surface area (Å²) in [5, 5.41) is 4.78. The maximum Gasteiger partial charge on any atom is 0.232 e. The van der Waals surface area contributed by atoms with E-state index < -0.39 is 0 Å². The van der Waals surface area contributed by atoms with Crippen molar-refractivity contribution in [1.82, 2.24) is 10.1 Å². The van der Waals surface area contributed by atoms with Crippen LogP contribution in [0.5, 0.6) is 0 Å². The average molecular weight is 368 g/mol. The van der Waals surface area contributed by atoms with Gasteiger partial charge in [-0.3, -0.25) is 4.79 Å². The summed E-state index contributed by atoms with van der Waals surface area (Å²) in [6.07, 6.45) is 0.358. The molecule has 1 aliphatic heterocycles. The van der Waals surface area contributed by atoms with E-state index in [2.05, 4.69) is 16.2 Å². The molecule has 1 aliphatic rings. The van der Waals surface area contributed by atoms with Gasteiger partial charge in [0.25, 0.3) is 0 Å². The van der Waals surface area contributed by atoms with Crippen molar-refractivity contribution < 1.29 is 9.32 Å². The highest BCUT2D eigenvalue weighted by molar-refractivity contribution is 6.30. The van der Waals surface area contributed by atoms with Gasteiger partial charge in [0, 0.05) is 29.2 Å². The second kappa shape index (κ2) is 6.57. The van der Waals surface area contributed by atoms with Crippen LogP contribution in [0.4, 0.5) is 5.69 Å². The van der Waals surface area contributed by atoms with E-state index in [0.717, 1.165) is 22.4 Å². The molecule has 0 saturated carbocycles. The molecular weight excluding hydrogens is 350 g/mol. The largest absolute Gasteiger partial charge is 0.339 e. The Hall–Kier alpha value is -2.66. The van der Waals surface area contributed by atoms with Crippen LogP contribution in [-0.2, 0) is 4.79 Å². The number of rotatable bonds is 3. The molecule has 26 heavy (non-hydrogen) atoms. The van der Waals surface area contributed by atoms with E-state index in [1.54, 1.807) is 17.0 Å². The number of hydrogen-bond acceptors (Lipinski definition) is 4. The molecule has 0 N–H and O–H groups in total. The Morgan fingerprint density at radius 3 is 2.69 bits per heavy atom. The number of hydrogen-bond donors (Lipinski definition) is 0. The first-order valence-corrected chi connectivity index (χ1v) is 8.86. The van der Waals surface area contributed by atoms with Crippen LogP contribution in [0, 0.1) is 13.8 Å². The van der Waals surface area contributed by atoms with E-state index in [-0.39, 0.29) is 11.8 Å². The molecule has 0 radical (unpaired) electrons. The highest BCUT2D eigenvalue weighted by Crippen LogP contribution is 2.33. The third-order valence-corrected chi connectivity index (χ3v) is 4.94. The van der Waals surface area contributed by atoms with Gasteiger partial charge in [-0.2, -0.15) is 4.98 Å². The first-order chi connectivity index (χ1) is 12.5. The summed E-state index contributed by atoms with van der Waals surface area (Å²) in [7, 11) is 0. The Morgan fingerprint density at radius 1 is 1.15 bits per heavy atom. The summed E-state index contributed by atoms with van der Waals surface area (Å²) >= 11 is 5.93. The van der Waals surface area contributed by atoms with Gasteiger partial charge in [-0.1, -0.05) is 34.5 Å². The summed E-state index contributed by atoms with van der Waals surface area (Å²) in [5.41, 5.74) is 4.02. The van der Waals surface area contributed by atoms with Crippen molar-refractivity contribution in [3.8, 4) is 11.4 Å². The predicted molar refractivity (Wildman–Crippen MR) is 100 cm³/mol. The predicted octanol–water partition coefficient (Wildman–Crippen LogP) is 4.53. The molecule has 0 aliphatic carbocycles. The number of benzene rings is 2. The van der Waals surface area contributed by atoms with E-state index in [9.17, 15) is 4.79 Å². The standard InChI is InChI=1S/C20H18ClN3O2/c1-12-3-4-13(2)17(9-12)19-22-20(26-23-19)14-10-18(25)24(11-14)16-7-5-15(21)6-8-16/h3-9,14H,10-11H2,1-2H3. The van der Waals surface area contributed by atoms with Gasteiger partial charge in [-0.05, 0) is 49.7 Å². The SMILES string of the molecule is Cc1ccc(C)c(-c2noc(C3CC(=O)N(c4ccc(Cl)cc4)C3)n2)c1. The molecule has 1 saturated heterocycles. The van der Waals surface area contributed by atoms with Gasteiger partial charge in [0.2, 0.25) is 17.6 Å². The summed E-state index contributed by atoms with van der Waals surface area (Å²) < 4.78 is 5.49. The van der Waals surface area contributed by atoms with E-state index in [1.165, 1.54) is 0 Å². The lowest BCUT2D eigenvalue weighted by Gasteiger charge is -2.15. The number of anilines is 1. The molecule has 3 aromatic rings. The molecule has 0 bridgehead atoms. The van der Waals surface area contributed by atoms with Crippen molar-refractivity contribution in [2.45, 2.75) is 26.2 Å². The lowest BCUT2D eigenvalue weighted by molar-refractivity contribution is -0.117. The minimum absolute atomic E-state index is 0.0452. The van der Waals surface area contributed by atoms with E-state index in [4.69, 9.17) is 16.1 Å². The summed E-state index contributed by atoms with van der Waals surface area (Å²) in [6, 6.07) is 13.4. The smallest absolute Gasteiger partial charge is 0.232 e. The highest BCUT2D eigenvalue weighted by Gasteiger charge is 2.35. The van der Waals surface area contributed by atoms with Gasteiger partial charge in [-0.15, -0.1) is 0 Å². The molecule has 2 aromatic carbocycles. The number of aryl methyl sites for hydroxylation is 2. The zero-order valence-corrected chi connectivity index (χ0v) is 15.3. The number of halogens is 1. The molecule has 4 rings (SSSR count). The minimum atomic E-state index is -0.107. The molecule has 6 heteroatoms. The number of amides is 1. The summed E-state index contributed by atoms with van der Waals surface area (Å²) in [4.78, 5) is 18.7. The van der Waals surface area contributed by atoms with Crippen LogP contribution in [0.25, 0.3) is 11.4 Å². The second-order valence-electron chi connectivity index (χ2n) is 6.66. The van der Waals surface area contributed by atoms with E-state index in [1.807, 2.05) is 38.1 Å². The summed E-state index contributed by atoms with van der Waals surface area (Å²) in [6.45, 7) is 4.57. The van der Waals surface area contributed by atoms with Crippen LogP contribution in [0.1, 0.15) is 29.4 Å². The molecule has 2 heterocycles. The fourth-order valence-electron chi connectivity index (χ4n) is 3.23. The Kier molecular flexibility index (Phi) is 4.24. The van der Waals surface area contributed by atoms with Crippen LogP contribution in [0.3, 0.4) is 0 Å². The Morgan fingerprint density at radius 2 is 1.92 bits per heavy atom. The molecule has 5 nitrogen and oxygen atoms in total. The Balaban J connectivity index is 1.58. The molecule has 0 spiro atoms. The molecule has 1 fully saturated rings. The van der Waals surface area contributed by atoms with Crippen molar-refractivity contribution >= 4 is 23.2 Å². The first kappa shape index (κ1) is 16.8. The fraction of sp³-hybridized carbons (Fsp3) is 0.250. The molecule has 1 atom stereocenters. The normalized spacial score (nSPS) is 17.1. The van der Waals surface area contributed by atoms with Gasteiger partial charge in [-0.25, -0.2) is 0 Å². The van der Waals surface area contributed by atoms with Crippen LogP contribution in [-0.4, -0.2) is 22.6 Å². The minimum Gasteiger partial charge on any atom is -0.339 e. The molecule has 1 aromatic heterocycles. The molecule has 1 unspecified atom stereocenters. The second-order valence-corrected chi connectivity index (χ2v) is 7.09. The molecular formula is C20H18ClN3O2. The third kappa shape index (κ3) is 3.10. The fourth-order valence-corrected chi connectivity index (χ4v) is 3.36. The van der Waals surface area contributed by atoms with Gasteiger partial charge in [0.05, 0.1) is 5.92 Å². The van der Waals surface area contributed by atoms with E-state index in [0.29, 0.717) is 29.7 Å². The Labute approximate surface area is 156 Å². The van der Waals surface area contributed by atoms with Crippen LogP contribution in [0.2, 0.25) is 5.02 Å². The highest BCUT2D eigenvalue weighted by atomic mass is 35.5. The number of nitrogens with zero attached hydrogens (tertiary/aromatic N) is 3. The molecule has 1 amide bonds. The van der Waals surface area contributed by atoms with Crippen LogP contribution >= 0.6 is 11.6 Å². The van der Waals surface area contributed by atoms with Crippen molar-refractivity contribution in [2.24, 2.45) is 0 Å². The molecule has 132 valence electrons. The number of carbonyl (C=O) groups is 1.